The van der Waals surface area contributed by atoms with Gasteiger partial charge in [0, 0.05) is 18.2 Å². The smallest absolute Gasteiger partial charge is 0.337 e. The third-order valence-electron chi connectivity index (χ3n) is 5.47. The molecule has 0 aliphatic heterocycles. The summed E-state index contributed by atoms with van der Waals surface area (Å²) in [6.07, 6.45) is 4.47. The lowest BCUT2D eigenvalue weighted by Gasteiger charge is -2.27. The fourth-order valence-corrected chi connectivity index (χ4v) is 5.03. The molecule has 5 nitrogen and oxygen atoms in total. The standard InChI is InChI=1S/C22H24N2O3S/c23-18-11-20-19(10-17(18)22(25)26)24-21(28-20)16-8-6-15(7-9-16)13-27-12-14-4-2-1-3-5-14/h1-5,10-11,15-16H,6-9,12-13,23H2,(H,25,26). The van der Waals surface area contributed by atoms with Crippen molar-refractivity contribution in [1.29, 1.82) is 0 Å². The number of nitrogens with two attached hydrogens (primary N) is 1. The van der Waals surface area contributed by atoms with Gasteiger partial charge in [-0.15, -0.1) is 11.3 Å². The SMILES string of the molecule is Nc1cc2sc(C3CCC(COCc4ccccc4)CC3)nc2cc1C(=O)O. The first-order chi connectivity index (χ1) is 13.6. The average Bonchev–Trinajstić information content (AvgIpc) is 3.11. The lowest BCUT2D eigenvalue weighted by Crippen LogP contribution is -2.17. The number of rotatable bonds is 6. The van der Waals surface area contributed by atoms with Crippen LogP contribution in [0.5, 0.6) is 0 Å². The van der Waals surface area contributed by atoms with Crippen molar-refractivity contribution in [2.45, 2.75) is 38.2 Å². The number of benzene rings is 2. The first-order valence-electron chi connectivity index (χ1n) is 9.65. The number of carboxylic acids is 1. The number of aromatic carboxylic acids is 1. The Morgan fingerprint density at radius 1 is 1.18 bits per heavy atom. The molecule has 0 spiro atoms. The van der Waals surface area contributed by atoms with Gasteiger partial charge in [-0.2, -0.15) is 0 Å². The van der Waals surface area contributed by atoms with Crippen molar-refractivity contribution in [3.63, 3.8) is 0 Å². The van der Waals surface area contributed by atoms with Gasteiger partial charge < -0.3 is 15.6 Å². The third kappa shape index (κ3) is 4.18. The molecule has 4 rings (SSSR count). The first-order valence-corrected chi connectivity index (χ1v) is 10.5. The number of ether oxygens (including phenoxy) is 1. The van der Waals surface area contributed by atoms with Crippen LogP contribution in [0.3, 0.4) is 0 Å². The lowest BCUT2D eigenvalue weighted by atomic mass is 9.83. The minimum atomic E-state index is -1.01. The minimum absolute atomic E-state index is 0.128. The van der Waals surface area contributed by atoms with Crippen LogP contribution >= 0.6 is 11.3 Å². The molecule has 1 aliphatic carbocycles. The van der Waals surface area contributed by atoms with Crippen molar-refractivity contribution in [1.82, 2.24) is 4.98 Å². The number of nitrogens with zero attached hydrogens (tertiary/aromatic N) is 1. The Bertz CT molecular complexity index is 963. The Labute approximate surface area is 168 Å². The fourth-order valence-electron chi connectivity index (χ4n) is 3.86. The van der Waals surface area contributed by atoms with Crippen LogP contribution in [0.4, 0.5) is 5.69 Å². The number of hydrogen-bond donors (Lipinski definition) is 2. The summed E-state index contributed by atoms with van der Waals surface area (Å²) in [5.41, 5.74) is 8.24. The zero-order valence-corrected chi connectivity index (χ0v) is 16.5. The summed E-state index contributed by atoms with van der Waals surface area (Å²) in [5, 5.41) is 10.3. The van der Waals surface area contributed by atoms with Crippen molar-refractivity contribution in [3.8, 4) is 0 Å². The normalized spacial score (nSPS) is 19.7. The summed E-state index contributed by atoms with van der Waals surface area (Å²) in [7, 11) is 0. The number of thiazole rings is 1. The number of aromatic nitrogens is 1. The van der Waals surface area contributed by atoms with Gasteiger partial charge in [-0.1, -0.05) is 30.3 Å². The van der Waals surface area contributed by atoms with E-state index in [1.807, 2.05) is 18.2 Å². The van der Waals surface area contributed by atoms with Crippen molar-refractivity contribution in [2.75, 3.05) is 12.3 Å². The van der Waals surface area contributed by atoms with Gasteiger partial charge >= 0.3 is 5.97 Å². The zero-order valence-electron chi connectivity index (χ0n) is 15.6. The van der Waals surface area contributed by atoms with Crippen LogP contribution < -0.4 is 5.73 Å². The number of carbonyl (C=O) groups is 1. The van der Waals surface area contributed by atoms with E-state index >= 15 is 0 Å². The number of anilines is 1. The second kappa shape index (κ2) is 8.29. The van der Waals surface area contributed by atoms with Crippen molar-refractivity contribution >= 4 is 33.2 Å². The van der Waals surface area contributed by atoms with E-state index in [1.165, 1.54) is 5.56 Å². The Balaban J connectivity index is 1.34. The number of carboxylic acid groups (broad SMARTS) is 1. The highest BCUT2D eigenvalue weighted by Crippen LogP contribution is 2.39. The average molecular weight is 397 g/mol. The van der Waals surface area contributed by atoms with Crippen LogP contribution in [-0.4, -0.2) is 22.7 Å². The van der Waals surface area contributed by atoms with Crippen molar-refractivity contribution in [2.24, 2.45) is 5.92 Å². The Morgan fingerprint density at radius 3 is 2.64 bits per heavy atom. The Kier molecular flexibility index (Phi) is 5.59. The van der Waals surface area contributed by atoms with Crippen LogP contribution in [0.1, 0.15) is 52.5 Å². The molecule has 0 saturated heterocycles. The molecule has 1 heterocycles. The summed E-state index contributed by atoms with van der Waals surface area (Å²) in [5.74, 6) is 0.0332. The fraction of sp³-hybridized carbons (Fsp3) is 0.364. The minimum Gasteiger partial charge on any atom is -0.478 e. The molecule has 3 aromatic rings. The molecule has 0 atom stereocenters. The van der Waals surface area contributed by atoms with Gasteiger partial charge in [0.05, 0.1) is 27.4 Å². The summed E-state index contributed by atoms with van der Waals surface area (Å²) >= 11 is 1.64. The molecule has 0 unspecified atom stereocenters. The third-order valence-corrected chi connectivity index (χ3v) is 6.65. The van der Waals surface area contributed by atoms with E-state index in [-0.39, 0.29) is 5.56 Å². The van der Waals surface area contributed by atoms with Crippen molar-refractivity contribution < 1.29 is 14.6 Å². The molecular weight excluding hydrogens is 372 g/mol. The zero-order chi connectivity index (χ0) is 19.5. The van der Waals surface area contributed by atoms with E-state index in [2.05, 4.69) is 12.1 Å². The van der Waals surface area contributed by atoms with E-state index in [0.29, 0.717) is 24.1 Å². The monoisotopic (exact) mass is 396 g/mol. The van der Waals surface area contributed by atoms with Gasteiger partial charge in [0.2, 0.25) is 0 Å². The van der Waals surface area contributed by atoms with Crippen LogP contribution in [-0.2, 0) is 11.3 Å². The van der Waals surface area contributed by atoms with Crippen LogP contribution in [0.2, 0.25) is 0 Å². The van der Waals surface area contributed by atoms with E-state index in [1.54, 1.807) is 23.5 Å². The van der Waals surface area contributed by atoms with E-state index < -0.39 is 5.97 Å². The summed E-state index contributed by atoms with van der Waals surface area (Å²) < 4.78 is 6.88. The van der Waals surface area contributed by atoms with Crippen LogP contribution in [0.25, 0.3) is 10.2 Å². The van der Waals surface area contributed by atoms with Gasteiger partial charge in [-0.25, -0.2) is 9.78 Å². The molecule has 28 heavy (non-hydrogen) atoms. The van der Waals surface area contributed by atoms with E-state index in [0.717, 1.165) is 47.5 Å². The largest absolute Gasteiger partial charge is 0.478 e. The topological polar surface area (TPSA) is 85.4 Å². The van der Waals surface area contributed by atoms with Gasteiger partial charge in [-0.3, -0.25) is 0 Å². The maximum absolute atomic E-state index is 11.3. The second-order valence-electron chi connectivity index (χ2n) is 7.48. The molecule has 0 amide bonds. The summed E-state index contributed by atoms with van der Waals surface area (Å²) in [4.78, 5) is 16.0. The highest BCUT2D eigenvalue weighted by Gasteiger charge is 2.25. The molecule has 3 N–H and O–H groups in total. The first kappa shape index (κ1) is 18.9. The van der Waals surface area contributed by atoms with Gasteiger partial charge in [-0.05, 0) is 49.3 Å². The van der Waals surface area contributed by atoms with Gasteiger partial charge in [0.25, 0.3) is 0 Å². The molecule has 146 valence electrons. The maximum Gasteiger partial charge on any atom is 0.337 e. The molecule has 6 heteroatoms. The summed E-state index contributed by atoms with van der Waals surface area (Å²) in [6, 6.07) is 13.6. The highest BCUT2D eigenvalue weighted by molar-refractivity contribution is 7.18. The van der Waals surface area contributed by atoms with E-state index in [4.69, 9.17) is 15.5 Å². The highest BCUT2D eigenvalue weighted by atomic mass is 32.1. The van der Waals surface area contributed by atoms with Crippen LogP contribution in [0.15, 0.2) is 42.5 Å². The molecular formula is C22H24N2O3S. The summed E-state index contributed by atoms with van der Waals surface area (Å²) in [6.45, 7) is 1.48. The Hall–Kier alpha value is -2.44. The molecule has 1 aliphatic rings. The molecule has 2 aromatic carbocycles. The van der Waals surface area contributed by atoms with Gasteiger partial charge in [0.15, 0.2) is 0 Å². The van der Waals surface area contributed by atoms with Crippen LogP contribution in [0, 0.1) is 5.92 Å². The molecule has 0 radical (unpaired) electrons. The Morgan fingerprint density at radius 2 is 1.93 bits per heavy atom. The number of fused-ring (bicyclic) bond motifs is 1. The number of nitrogen functional groups attached to an aromatic ring is 1. The predicted octanol–water partition coefficient (Wildman–Crippen LogP) is 5.07. The van der Waals surface area contributed by atoms with Gasteiger partial charge in [0.1, 0.15) is 0 Å². The second-order valence-corrected chi connectivity index (χ2v) is 8.55. The number of hydrogen-bond acceptors (Lipinski definition) is 5. The molecule has 1 saturated carbocycles. The quantitative estimate of drug-likeness (QED) is 0.568. The predicted molar refractivity (Wildman–Crippen MR) is 112 cm³/mol. The maximum atomic E-state index is 11.3. The molecule has 1 fully saturated rings. The van der Waals surface area contributed by atoms with Crippen molar-refractivity contribution in [3.05, 3.63) is 58.6 Å². The molecule has 1 aromatic heterocycles. The van der Waals surface area contributed by atoms with E-state index in [9.17, 15) is 9.90 Å². The molecule has 0 bridgehead atoms. The lowest BCUT2D eigenvalue weighted by molar-refractivity contribution is 0.0698.